The highest BCUT2D eigenvalue weighted by molar-refractivity contribution is 5.76. The number of nitrogens with one attached hydrogen (secondary N) is 1. The summed E-state index contributed by atoms with van der Waals surface area (Å²) >= 11 is 0. The maximum absolute atomic E-state index is 12.3. The number of aromatic nitrogens is 4. The number of hydrogen-bond acceptors (Lipinski definition) is 3. The Morgan fingerprint density at radius 1 is 1.33 bits per heavy atom. The molecule has 0 spiro atoms. The fourth-order valence-electron chi connectivity index (χ4n) is 2.27. The molecule has 2 aromatic heterocycles. The Labute approximate surface area is 125 Å². The minimum atomic E-state index is 0.199. The van der Waals surface area contributed by atoms with Gasteiger partial charge in [0.05, 0.1) is 12.4 Å². The first-order valence-corrected chi connectivity index (χ1v) is 7.49. The standard InChI is InChI=1S/C15H23N5O/c1-3-19(11-14-10-18-20(4-2)12-14)15(21)7-5-6-13-8-16-17-9-13/h8-10,12H,3-7,11H2,1-2H3,(H,16,17). The van der Waals surface area contributed by atoms with E-state index in [1.165, 1.54) is 0 Å². The summed E-state index contributed by atoms with van der Waals surface area (Å²) < 4.78 is 1.88. The lowest BCUT2D eigenvalue weighted by Gasteiger charge is -2.20. The monoisotopic (exact) mass is 289 g/mol. The summed E-state index contributed by atoms with van der Waals surface area (Å²) in [6, 6.07) is 0. The van der Waals surface area contributed by atoms with E-state index in [4.69, 9.17) is 0 Å². The Morgan fingerprint density at radius 2 is 2.19 bits per heavy atom. The van der Waals surface area contributed by atoms with Crippen molar-refractivity contribution >= 4 is 5.91 Å². The molecule has 0 aliphatic carbocycles. The van der Waals surface area contributed by atoms with E-state index in [2.05, 4.69) is 22.2 Å². The van der Waals surface area contributed by atoms with Crippen LogP contribution in [0.4, 0.5) is 0 Å². The predicted molar refractivity (Wildman–Crippen MR) is 80.5 cm³/mol. The van der Waals surface area contributed by atoms with Crippen LogP contribution in [0.2, 0.25) is 0 Å². The lowest BCUT2D eigenvalue weighted by molar-refractivity contribution is -0.131. The molecule has 0 radical (unpaired) electrons. The largest absolute Gasteiger partial charge is 0.339 e. The van der Waals surface area contributed by atoms with E-state index in [0.29, 0.717) is 13.0 Å². The fourth-order valence-corrected chi connectivity index (χ4v) is 2.27. The molecule has 1 N–H and O–H groups in total. The van der Waals surface area contributed by atoms with E-state index in [0.717, 1.165) is 37.1 Å². The Bertz CT molecular complexity index is 546. The van der Waals surface area contributed by atoms with Crippen molar-refractivity contribution < 1.29 is 4.79 Å². The van der Waals surface area contributed by atoms with Gasteiger partial charge in [-0.15, -0.1) is 0 Å². The van der Waals surface area contributed by atoms with Crippen molar-refractivity contribution in [3.05, 3.63) is 35.9 Å². The zero-order chi connectivity index (χ0) is 15.1. The molecule has 21 heavy (non-hydrogen) atoms. The highest BCUT2D eigenvalue weighted by Crippen LogP contribution is 2.08. The van der Waals surface area contributed by atoms with Crippen LogP contribution in [0.5, 0.6) is 0 Å². The average Bonchev–Trinajstić information content (AvgIpc) is 3.15. The van der Waals surface area contributed by atoms with Gasteiger partial charge in [0, 0.05) is 44.0 Å². The molecule has 1 amide bonds. The van der Waals surface area contributed by atoms with Crippen LogP contribution in [-0.2, 0) is 24.3 Å². The van der Waals surface area contributed by atoms with Gasteiger partial charge in [-0.3, -0.25) is 14.6 Å². The van der Waals surface area contributed by atoms with Crippen molar-refractivity contribution in [2.75, 3.05) is 6.54 Å². The van der Waals surface area contributed by atoms with Gasteiger partial charge < -0.3 is 4.90 Å². The Kier molecular flexibility index (Phi) is 5.54. The van der Waals surface area contributed by atoms with Gasteiger partial charge >= 0.3 is 0 Å². The number of amides is 1. The SMILES string of the molecule is CCN(Cc1cnn(CC)c1)C(=O)CCCc1cn[nH]c1. The number of H-pyrrole nitrogens is 1. The number of carbonyl (C=O) groups is 1. The van der Waals surface area contributed by atoms with E-state index in [-0.39, 0.29) is 5.91 Å². The molecule has 0 aliphatic heterocycles. The summed E-state index contributed by atoms with van der Waals surface area (Å²) in [5, 5.41) is 10.9. The molecule has 2 aromatic rings. The van der Waals surface area contributed by atoms with Crippen LogP contribution in [0.3, 0.4) is 0 Å². The second-order valence-electron chi connectivity index (χ2n) is 5.07. The minimum absolute atomic E-state index is 0.199. The van der Waals surface area contributed by atoms with Crippen molar-refractivity contribution in [2.45, 2.75) is 46.2 Å². The van der Waals surface area contributed by atoms with Crippen molar-refractivity contribution in [2.24, 2.45) is 0 Å². The predicted octanol–water partition coefficient (Wildman–Crippen LogP) is 2.00. The molecule has 6 nitrogen and oxygen atoms in total. The Balaban J connectivity index is 1.80. The number of hydrogen-bond donors (Lipinski definition) is 1. The molecule has 114 valence electrons. The number of rotatable bonds is 8. The number of nitrogens with zero attached hydrogens (tertiary/aromatic N) is 4. The summed E-state index contributed by atoms with van der Waals surface area (Å²) in [6.07, 6.45) is 9.83. The van der Waals surface area contributed by atoms with E-state index in [1.54, 1.807) is 6.20 Å². The van der Waals surface area contributed by atoms with Gasteiger partial charge in [0.25, 0.3) is 0 Å². The maximum Gasteiger partial charge on any atom is 0.222 e. The van der Waals surface area contributed by atoms with Gasteiger partial charge in [-0.25, -0.2) is 0 Å². The molecule has 0 aliphatic rings. The zero-order valence-electron chi connectivity index (χ0n) is 12.7. The molecule has 0 saturated carbocycles. The Hall–Kier alpha value is -2.11. The third-order valence-electron chi connectivity index (χ3n) is 3.53. The molecule has 6 heteroatoms. The summed E-state index contributed by atoms with van der Waals surface area (Å²) in [5.74, 6) is 0.199. The molecular weight excluding hydrogens is 266 g/mol. The van der Waals surface area contributed by atoms with E-state index in [1.807, 2.05) is 35.1 Å². The van der Waals surface area contributed by atoms with Gasteiger partial charge in [-0.2, -0.15) is 10.2 Å². The van der Waals surface area contributed by atoms with Crippen LogP contribution in [0.25, 0.3) is 0 Å². The summed E-state index contributed by atoms with van der Waals surface area (Å²) in [5.41, 5.74) is 2.23. The van der Waals surface area contributed by atoms with Crippen LogP contribution >= 0.6 is 0 Å². The van der Waals surface area contributed by atoms with E-state index in [9.17, 15) is 4.79 Å². The molecule has 2 rings (SSSR count). The van der Waals surface area contributed by atoms with Gasteiger partial charge in [0.2, 0.25) is 5.91 Å². The molecular formula is C15H23N5O. The van der Waals surface area contributed by atoms with Crippen LogP contribution in [-0.4, -0.2) is 37.3 Å². The zero-order valence-corrected chi connectivity index (χ0v) is 12.7. The summed E-state index contributed by atoms with van der Waals surface area (Å²) in [4.78, 5) is 14.1. The smallest absolute Gasteiger partial charge is 0.222 e. The lowest BCUT2D eigenvalue weighted by Crippen LogP contribution is -2.30. The number of carbonyl (C=O) groups excluding carboxylic acids is 1. The quantitative estimate of drug-likeness (QED) is 0.808. The molecule has 0 fully saturated rings. The average molecular weight is 289 g/mol. The van der Waals surface area contributed by atoms with Gasteiger partial charge in [0.15, 0.2) is 0 Å². The second kappa shape index (κ2) is 7.61. The van der Waals surface area contributed by atoms with Crippen molar-refractivity contribution in [1.82, 2.24) is 24.9 Å². The first kappa shape index (κ1) is 15.3. The van der Waals surface area contributed by atoms with Crippen LogP contribution in [0.15, 0.2) is 24.8 Å². The summed E-state index contributed by atoms with van der Waals surface area (Å²) in [7, 11) is 0. The van der Waals surface area contributed by atoms with Gasteiger partial charge in [-0.1, -0.05) is 0 Å². The van der Waals surface area contributed by atoms with Crippen molar-refractivity contribution in [1.29, 1.82) is 0 Å². The van der Waals surface area contributed by atoms with Crippen LogP contribution in [0, 0.1) is 0 Å². The lowest BCUT2D eigenvalue weighted by atomic mass is 10.1. The molecule has 0 aromatic carbocycles. The number of aryl methyl sites for hydroxylation is 2. The first-order chi connectivity index (χ1) is 10.2. The van der Waals surface area contributed by atoms with E-state index >= 15 is 0 Å². The second-order valence-corrected chi connectivity index (χ2v) is 5.07. The molecule has 0 atom stereocenters. The minimum Gasteiger partial charge on any atom is -0.339 e. The first-order valence-electron chi connectivity index (χ1n) is 7.49. The summed E-state index contributed by atoms with van der Waals surface area (Å²) in [6.45, 7) is 6.28. The van der Waals surface area contributed by atoms with Crippen molar-refractivity contribution in [3.63, 3.8) is 0 Å². The third-order valence-corrected chi connectivity index (χ3v) is 3.53. The molecule has 0 bridgehead atoms. The van der Waals surface area contributed by atoms with Crippen molar-refractivity contribution in [3.8, 4) is 0 Å². The molecule has 0 saturated heterocycles. The fraction of sp³-hybridized carbons (Fsp3) is 0.533. The van der Waals surface area contributed by atoms with Crippen LogP contribution < -0.4 is 0 Å². The van der Waals surface area contributed by atoms with Gasteiger partial charge in [0.1, 0.15) is 0 Å². The Morgan fingerprint density at radius 3 is 2.81 bits per heavy atom. The topological polar surface area (TPSA) is 66.8 Å². The highest BCUT2D eigenvalue weighted by atomic mass is 16.2. The van der Waals surface area contributed by atoms with Gasteiger partial charge in [-0.05, 0) is 32.3 Å². The highest BCUT2D eigenvalue weighted by Gasteiger charge is 2.13. The normalized spacial score (nSPS) is 10.8. The van der Waals surface area contributed by atoms with Crippen LogP contribution in [0.1, 0.15) is 37.8 Å². The number of aromatic amines is 1. The molecule has 2 heterocycles. The maximum atomic E-state index is 12.3. The third kappa shape index (κ3) is 4.44. The van der Waals surface area contributed by atoms with E-state index < -0.39 is 0 Å². The molecule has 0 unspecified atom stereocenters.